The van der Waals surface area contributed by atoms with Crippen LogP contribution in [0, 0.1) is 0 Å². The van der Waals surface area contributed by atoms with E-state index in [1.807, 2.05) is 43.2 Å². The van der Waals surface area contributed by atoms with Crippen molar-refractivity contribution in [3.8, 4) is 0 Å². The van der Waals surface area contributed by atoms with Crippen LogP contribution in [0.5, 0.6) is 0 Å². The van der Waals surface area contributed by atoms with Gasteiger partial charge in [-0.05, 0) is 37.7 Å². The van der Waals surface area contributed by atoms with Gasteiger partial charge in [-0.2, -0.15) is 0 Å². The molecule has 0 amide bonds. The summed E-state index contributed by atoms with van der Waals surface area (Å²) in [6, 6.07) is 6.20. The van der Waals surface area contributed by atoms with E-state index in [2.05, 4.69) is 45.0 Å². The van der Waals surface area contributed by atoms with E-state index in [4.69, 9.17) is 16.6 Å². The molecule has 0 atom stereocenters. The zero-order valence-electron chi connectivity index (χ0n) is 18.3. The second-order valence-corrected chi connectivity index (χ2v) is 8.04. The third kappa shape index (κ3) is 6.75. The molecular formula is C21H33ClIN7. The summed E-state index contributed by atoms with van der Waals surface area (Å²) < 4.78 is 2.05. The van der Waals surface area contributed by atoms with Crippen molar-refractivity contribution in [3.05, 3.63) is 46.9 Å². The number of aliphatic imine (C=N–C) groups is 1. The smallest absolute Gasteiger partial charge is 0.194 e. The number of guanidine groups is 1. The Hall–Kier alpha value is -1.52. The van der Waals surface area contributed by atoms with Crippen LogP contribution < -0.4 is 10.2 Å². The number of nitrogens with one attached hydrogen (secondary N) is 1. The average molecular weight is 546 g/mol. The highest BCUT2D eigenvalue weighted by atomic mass is 127. The lowest BCUT2D eigenvalue weighted by Gasteiger charge is -2.33. The Bertz CT molecular complexity index is 831. The van der Waals surface area contributed by atoms with Gasteiger partial charge in [0.2, 0.25) is 0 Å². The molecule has 0 aliphatic carbocycles. The predicted molar refractivity (Wildman–Crippen MR) is 136 cm³/mol. The van der Waals surface area contributed by atoms with Gasteiger partial charge in [0.1, 0.15) is 5.82 Å². The molecule has 1 fully saturated rings. The molecular weight excluding hydrogens is 513 g/mol. The number of anilines is 1. The van der Waals surface area contributed by atoms with Crippen LogP contribution in [0.2, 0.25) is 5.02 Å². The van der Waals surface area contributed by atoms with Crippen molar-refractivity contribution in [1.82, 2.24) is 24.7 Å². The third-order valence-corrected chi connectivity index (χ3v) is 5.43. The number of hydrogen-bond donors (Lipinski definition) is 1. The first-order valence-corrected chi connectivity index (χ1v) is 10.5. The first-order valence-electron chi connectivity index (χ1n) is 10.1. The van der Waals surface area contributed by atoms with Crippen molar-refractivity contribution in [3.63, 3.8) is 0 Å². The van der Waals surface area contributed by atoms with E-state index in [0.717, 1.165) is 61.8 Å². The van der Waals surface area contributed by atoms with E-state index in [9.17, 15) is 0 Å². The number of nitrogens with zero attached hydrogens (tertiary/aromatic N) is 6. The van der Waals surface area contributed by atoms with Crippen LogP contribution in [-0.4, -0.2) is 72.1 Å². The van der Waals surface area contributed by atoms with Crippen molar-refractivity contribution < 1.29 is 0 Å². The van der Waals surface area contributed by atoms with Crippen molar-refractivity contribution in [2.24, 2.45) is 12.0 Å². The SMILES string of the molecule is CCNC(=NCc1ccnc(N2CCN(C)CC2)c1)N(C)Cc1cc(Cl)cn1C.I. The standard InChI is InChI=1S/C21H32ClN7.HI/c1-5-23-21(28(4)16-19-13-18(22)15-27(19)3)25-14-17-6-7-24-20(12-17)29-10-8-26(2)9-11-29;/h6-7,12-13,15H,5,8-11,14,16H2,1-4H3,(H,23,25);1H. The van der Waals surface area contributed by atoms with Crippen LogP contribution in [0.4, 0.5) is 5.82 Å². The van der Waals surface area contributed by atoms with Gasteiger partial charge in [-0.1, -0.05) is 11.6 Å². The summed E-state index contributed by atoms with van der Waals surface area (Å²) in [7, 11) is 6.22. The van der Waals surface area contributed by atoms with E-state index in [0.29, 0.717) is 6.54 Å². The molecule has 1 aliphatic rings. The fourth-order valence-corrected chi connectivity index (χ4v) is 3.72. The maximum absolute atomic E-state index is 6.12. The van der Waals surface area contributed by atoms with Gasteiger partial charge in [0.25, 0.3) is 0 Å². The zero-order chi connectivity index (χ0) is 20.8. The number of pyridine rings is 1. The molecule has 2 aromatic rings. The molecule has 30 heavy (non-hydrogen) atoms. The number of likely N-dealkylation sites (N-methyl/N-ethyl adjacent to an activating group) is 1. The number of aromatic nitrogens is 2. The maximum Gasteiger partial charge on any atom is 0.194 e. The monoisotopic (exact) mass is 545 g/mol. The predicted octanol–water partition coefficient (Wildman–Crippen LogP) is 3.04. The first kappa shape index (κ1) is 24.7. The van der Waals surface area contributed by atoms with Crippen LogP contribution in [0.15, 0.2) is 35.6 Å². The molecule has 1 aliphatic heterocycles. The lowest BCUT2D eigenvalue weighted by Crippen LogP contribution is -2.44. The molecule has 3 heterocycles. The molecule has 1 saturated heterocycles. The van der Waals surface area contributed by atoms with Crippen molar-refractivity contribution in [2.75, 3.05) is 51.7 Å². The van der Waals surface area contributed by atoms with Gasteiger partial charge >= 0.3 is 0 Å². The Morgan fingerprint density at radius 3 is 2.60 bits per heavy atom. The minimum atomic E-state index is 0. The fraction of sp³-hybridized carbons (Fsp3) is 0.524. The largest absolute Gasteiger partial charge is 0.357 e. The van der Waals surface area contributed by atoms with Gasteiger partial charge < -0.3 is 24.6 Å². The Balaban J connectivity index is 0.00000320. The van der Waals surface area contributed by atoms with Crippen LogP contribution in [0.1, 0.15) is 18.2 Å². The molecule has 0 spiro atoms. The van der Waals surface area contributed by atoms with Crippen molar-refractivity contribution in [1.29, 1.82) is 0 Å². The Kier molecular flexibility index (Phi) is 9.70. The van der Waals surface area contributed by atoms with Crippen molar-refractivity contribution >= 4 is 47.4 Å². The lowest BCUT2D eigenvalue weighted by molar-refractivity contribution is 0.312. The Morgan fingerprint density at radius 2 is 1.97 bits per heavy atom. The molecule has 0 radical (unpaired) electrons. The van der Waals surface area contributed by atoms with Gasteiger partial charge in [0.15, 0.2) is 5.96 Å². The van der Waals surface area contributed by atoms with E-state index < -0.39 is 0 Å². The summed E-state index contributed by atoms with van der Waals surface area (Å²) >= 11 is 6.12. The second-order valence-electron chi connectivity index (χ2n) is 7.60. The Labute approximate surface area is 202 Å². The van der Waals surface area contributed by atoms with Crippen LogP contribution in [0.3, 0.4) is 0 Å². The molecule has 1 N–H and O–H groups in total. The summed E-state index contributed by atoms with van der Waals surface area (Å²) in [5.74, 6) is 1.92. The van der Waals surface area contributed by atoms with Crippen LogP contribution >= 0.6 is 35.6 Å². The summed E-state index contributed by atoms with van der Waals surface area (Å²) in [4.78, 5) is 16.2. The first-order chi connectivity index (χ1) is 14.0. The molecule has 3 rings (SSSR count). The van der Waals surface area contributed by atoms with Crippen molar-refractivity contribution in [2.45, 2.75) is 20.0 Å². The van der Waals surface area contributed by atoms with Gasteiger partial charge in [-0.25, -0.2) is 9.98 Å². The summed E-state index contributed by atoms with van der Waals surface area (Å²) in [6.45, 7) is 8.43. The third-order valence-electron chi connectivity index (χ3n) is 5.22. The summed E-state index contributed by atoms with van der Waals surface area (Å²) in [5, 5.41) is 4.14. The van der Waals surface area contributed by atoms with Gasteiger partial charge in [-0.15, -0.1) is 24.0 Å². The number of rotatable bonds is 6. The highest BCUT2D eigenvalue weighted by molar-refractivity contribution is 14.0. The van der Waals surface area contributed by atoms with Crippen LogP contribution in [0.25, 0.3) is 0 Å². The minimum absolute atomic E-state index is 0. The van der Waals surface area contributed by atoms with E-state index >= 15 is 0 Å². The molecule has 0 unspecified atom stereocenters. The number of halogens is 2. The normalized spacial score (nSPS) is 15.1. The van der Waals surface area contributed by atoms with E-state index in [1.165, 1.54) is 5.56 Å². The summed E-state index contributed by atoms with van der Waals surface area (Å²) in [5.41, 5.74) is 2.31. The number of piperazine rings is 1. The van der Waals surface area contributed by atoms with E-state index in [1.54, 1.807) is 0 Å². The molecule has 2 aromatic heterocycles. The minimum Gasteiger partial charge on any atom is -0.357 e. The average Bonchev–Trinajstić information content (AvgIpc) is 3.02. The number of aryl methyl sites for hydroxylation is 1. The second kappa shape index (κ2) is 11.8. The van der Waals surface area contributed by atoms with Gasteiger partial charge in [0.05, 0.1) is 18.1 Å². The van der Waals surface area contributed by atoms with Gasteiger partial charge in [-0.3, -0.25) is 0 Å². The lowest BCUT2D eigenvalue weighted by atomic mass is 10.2. The molecule has 0 bridgehead atoms. The highest BCUT2D eigenvalue weighted by Gasteiger charge is 2.15. The Morgan fingerprint density at radius 1 is 1.23 bits per heavy atom. The highest BCUT2D eigenvalue weighted by Crippen LogP contribution is 2.16. The topological polar surface area (TPSA) is 51.9 Å². The van der Waals surface area contributed by atoms with Crippen LogP contribution in [-0.2, 0) is 20.1 Å². The van der Waals surface area contributed by atoms with E-state index in [-0.39, 0.29) is 24.0 Å². The maximum atomic E-state index is 6.12. The molecule has 7 nitrogen and oxygen atoms in total. The summed E-state index contributed by atoms with van der Waals surface area (Å²) in [6.07, 6.45) is 3.81. The molecule has 0 aromatic carbocycles. The molecule has 166 valence electrons. The fourth-order valence-electron chi connectivity index (χ4n) is 3.44. The van der Waals surface area contributed by atoms with Gasteiger partial charge in [0, 0.05) is 64.9 Å². The quantitative estimate of drug-likeness (QED) is 0.344. The molecule has 0 saturated carbocycles. The molecule has 9 heteroatoms. The number of hydrogen-bond acceptors (Lipinski definition) is 4. The zero-order valence-corrected chi connectivity index (χ0v) is 21.4.